The number of ether oxygens (including phenoxy) is 1. The fourth-order valence-corrected chi connectivity index (χ4v) is 2.01. The van der Waals surface area contributed by atoms with Gasteiger partial charge in [0, 0.05) is 17.6 Å². The molecule has 0 atom stereocenters. The number of hydrogen-bond acceptors (Lipinski definition) is 3. The molecule has 0 aliphatic rings. The fraction of sp³-hybridized carbons (Fsp3) is 0.353. The van der Waals surface area contributed by atoms with E-state index in [1.54, 1.807) is 0 Å². The zero-order valence-electron chi connectivity index (χ0n) is 12.3. The zero-order valence-corrected chi connectivity index (χ0v) is 12.3. The van der Waals surface area contributed by atoms with E-state index in [1.165, 1.54) is 0 Å². The lowest BCUT2D eigenvalue weighted by Gasteiger charge is -2.11. The lowest BCUT2D eigenvalue weighted by atomic mass is 10.2. The van der Waals surface area contributed by atoms with Crippen LogP contribution in [-0.2, 0) is 0 Å². The van der Waals surface area contributed by atoms with Crippen LogP contribution in [0.25, 0.3) is 10.9 Å². The van der Waals surface area contributed by atoms with Crippen LogP contribution in [0.2, 0.25) is 0 Å². The molecule has 20 heavy (non-hydrogen) atoms. The number of rotatable bonds is 7. The summed E-state index contributed by atoms with van der Waals surface area (Å²) < 4.78 is 5.86. The Labute approximate surface area is 120 Å². The quantitative estimate of drug-likeness (QED) is 0.618. The molecule has 0 fully saturated rings. The van der Waals surface area contributed by atoms with E-state index in [1.807, 2.05) is 31.2 Å². The maximum atomic E-state index is 5.86. The summed E-state index contributed by atoms with van der Waals surface area (Å²) in [5.74, 6) is 0.822. The summed E-state index contributed by atoms with van der Waals surface area (Å²) in [5.41, 5.74) is 2.96. The monoisotopic (exact) mass is 270 g/mol. The standard InChI is InChI=1S/C17H22N2O/c1-4-10-18-11-13(2)12-20-16-7-5-6-15-9-8-14(3)19-17(15)16/h5-9,18H,2,4,10-12H2,1,3H3. The average Bonchev–Trinajstić information content (AvgIpc) is 2.45. The number of fused-ring (bicyclic) bond motifs is 1. The van der Waals surface area contributed by atoms with E-state index >= 15 is 0 Å². The first kappa shape index (κ1) is 14.5. The molecule has 0 spiro atoms. The Morgan fingerprint density at radius 2 is 2.15 bits per heavy atom. The van der Waals surface area contributed by atoms with Crippen molar-refractivity contribution in [3.8, 4) is 5.75 Å². The van der Waals surface area contributed by atoms with E-state index in [9.17, 15) is 0 Å². The number of benzene rings is 1. The van der Waals surface area contributed by atoms with Crippen LogP contribution >= 0.6 is 0 Å². The van der Waals surface area contributed by atoms with Gasteiger partial charge in [0.05, 0.1) is 0 Å². The third-order valence-corrected chi connectivity index (χ3v) is 3.06. The summed E-state index contributed by atoms with van der Waals surface area (Å²) in [5, 5.41) is 4.42. The van der Waals surface area contributed by atoms with Gasteiger partial charge in [0.25, 0.3) is 0 Å². The molecular formula is C17H22N2O. The van der Waals surface area contributed by atoms with E-state index in [-0.39, 0.29) is 0 Å². The van der Waals surface area contributed by atoms with Gasteiger partial charge >= 0.3 is 0 Å². The van der Waals surface area contributed by atoms with E-state index < -0.39 is 0 Å². The zero-order chi connectivity index (χ0) is 14.4. The predicted molar refractivity (Wildman–Crippen MR) is 84.3 cm³/mol. The molecule has 0 saturated heterocycles. The van der Waals surface area contributed by atoms with E-state index in [4.69, 9.17) is 4.74 Å². The van der Waals surface area contributed by atoms with Gasteiger partial charge in [-0.05, 0) is 37.6 Å². The van der Waals surface area contributed by atoms with Crippen LogP contribution < -0.4 is 10.1 Å². The smallest absolute Gasteiger partial charge is 0.146 e. The molecule has 0 radical (unpaired) electrons. The first-order valence-corrected chi connectivity index (χ1v) is 7.07. The van der Waals surface area contributed by atoms with Crippen LogP contribution in [0, 0.1) is 6.92 Å². The summed E-state index contributed by atoms with van der Waals surface area (Å²) >= 11 is 0. The Morgan fingerprint density at radius 1 is 1.30 bits per heavy atom. The topological polar surface area (TPSA) is 34.1 Å². The van der Waals surface area contributed by atoms with Crippen LogP contribution in [0.1, 0.15) is 19.0 Å². The molecule has 1 N–H and O–H groups in total. The van der Waals surface area contributed by atoms with Crippen LogP contribution in [0.5, 0.6) is 5.75 Å². The lowest BCUT2D eigenvalue weighted by molar-refractivity contribution is 0.351. The molecule has 0 aliphatic heterocycles. The number of aryl methyl sites for hydroxylation is 1. The maximum absolute atomic E-state index is 5.86. The van der Waals surface area contributed by atoms with Gasteiger partial charge in [-0.2, -0.15) is 0 Å². The Kier molecular flexibility index (Phi) is 5.13. The molecule has 3 heteroatoms. The largest absolute Gasteiger partial charge is 0.487 e. The number of pyridine rings is 1. The third-order valence-electron chi connectivity index (χ3n) is 3.06. The normalized spacial score (nSPS) is 10.7. The van der Waals surface area contributed by atoms with Crippen molar-refractivity contribution in [3.05, 3.63) is 48.2 Å². The SMILES string of the molecule is C=C(CNCCC)COc1cccc2ccc(C)nc12. The maximum Gasteiger partial charge on any atom is 0.146 e. The molecule has 2 rings (SSSR count). The summed E-state index contributed by atoms with van der Waals surface area (Å²) in [6.07, 6.45) is 1.13. The molecule has 1 heterocycles. The van der Waals surface area contributed by atoms with Crippen molar-refractivity contribution in [3.63, 3.8) is 0 Å². The highest BCUT2D eigenvalue weighted by Gasteiger charge is 2.04. The second kappa shape index (κ2) is 7.06. The Hall–Kier alpha value is -1.87. The van der Waals surface area contributed by atoms with Crippen molar-refractivity contribution in [1.82, 2.24) is 10.3 Å². The Morgan fingerprint density at radius 3 is 2.95 bits per heavy atom. The van der Waals surface area contributed by atoms with Crippen molar-refractivity contribution >= 4 is 10.9 Å². The van der Waals surface area contributed by atoms with E-state index in [2.05, 4.69) is 29.9 Å². The molecule has 3 nitrogen and oxygen atoms in total. The number of nitrogens with one attached hydrogen (secondary N) is 1. The Balaban J connectivity index is 2.02. The Bertz CT molecular complexity index is 593. The van der Waals surface area contributed by atoms with Crippen LogP contribution in [-0.4, -0.2) is 24.7 Å². The van der Waals surface area contributed by atoms with Crippen LogP contribution in [0.15, 0.2) is 42.5 Å². The fourth-order valence-electron chi connectivity index (χ4n) is 2.01. The highest BCUT2D eigenvalue weighted by molar-refractivity contribution is 5.84. The molecule has 0 unspecified atom stereocenters. The second-order valence-corrected chi connectivity index (χ2v) is 5.00. The molecule has 2 aromatic rings. The predicted octanol–water partition coefficient (Wildman–Crippen LogP) is 3.48. The van der Waals surface area contributed by atoms with Gasteiger partial charge in [-0.25, -0.2) is 4.98 Å². The van der Waals surface area contributed by atoms with Gasteiger partial charge in [-0.1, -0.05) is 31.7 Å². The average molecular weight is 270 g/mol. The first-order chi connectivity index (χ1) is 9.70. The minimum absolute atomic E-state index is 0.519. The number of para-hydroxylation sites is 1. The van der Waals surface area contributed by atoms with Crippen molar-refractivity contribution in [2.45, 2.75) is 20.3 Å². The molecule has 1 aromatic heterocycles. The van der Waals surface area contributed by atoms with Gasteiger partial charge in [0.1, 0.15) is 17.9 Å². The number of aromatic nitrogens is 1. The van der Waals surface area contributed by atoms with Gasteiger partial charge in [0.15, 0.2) is 0 Å². The summed E-state index contributed by atoms with van der Waals surface area (Å²) in [6.45, 7) is 10.5. The van der Waals surface area contributed by atoms with Gasteiger partial charge in [-0.15, -0.1) is 0 Å². The van der Waals surface area contributed by atoms with E-state index in [0.29, 0.717) is 6.61 Å². The lowest BCUT2D eigenvalue weighted by Crippen LogP contribution is -2.20. The van der Waals surface area contributed by atoms with Crippen molar-refractivity contribution in [2.24, 2.45) is 0 Å². The highest BCUT2D eigenvalue weighted by atomic mass is 16.5. The molecule has 0 bridgehead atoms. The summed E-state index contributed by atoms with van der Waals surface area (Å²) in [6, 6.07) is 10.1. The molecule has 1 aromatic carbocycles. The minimum Gasteiger partial charge on any atom is -0.487 e. The summed E-state index contributed by atoms with van der Waals surface area (Å²) in [4.78, 5) is 4.56. The minimum atomic E-state index is 0.519. The van der Waals surface area contributed by atoms with Crippen molar-refractivity contribution in [2.75, 3.05) is 19.7 Å². The molecule has 0 amide bonds. The molecular weight excluding hydrogens is 248 g/mol. The third kappa shape index (κ3) is 3.81. The number of nitrogens with zero attached hydrogens (tertiary/aromatic N) is 1. The molecule has 0 saturated carbocycles. The highest BCUT2D eigenvalue weighted by Crippen LogP contribution is 2.24. The van der Waals surface area contributed by atoms with Crippen molar-refractivity contribution < 1.29 is 4.74 Å². The van der Waals surface area contributed by atoms with Crippen LogP contribution in [0.3, 0.4) is 0 Å². The van der Waals surface area contributed by atoms with Crippen molar-refractivity contribution in [1.29, 1.82) is 0 Å². The first-order valence-electron chi connectivity index (χ1n) is 7.07. The van der Waals surface area contributed by atoms with Gasteiger partial charge in [-0.3, -0.25) is 0 Å². The number of hydrogen-bond donors (Lipinski definition) is 1. The van der Waals surface area contributed by atoms with Crippen LogP contribution in [0.4, 0.5) is 0 Å². The second-order valence-electron chi connectivity index (χ2n) is 5.00. The van der Waals surface area contributed by atoms with E-state index in [0.717, 1.165) is 47.4 Å². The summed E-state index contributed by atoms with van der Waals surface area (Å²) in [7, 11) is 0. The van der Waals surface area contributed by atoms with Gasteiger partial charge in [0.2, 0.25) is 0 Å². The molecule has 0 aliphatic carbocycles. The molecule has 106 valence electrons. The van der Waals surface area contributed by atoms with Gasteiger partial charge < -0.3 is 10.1 Å².